The Morgan fingerprint density at radius 3 is 2.74 bits per heavy atom. The highest BCUT2D eigenvalue weighted by Gasteiger charge is 2.22. The summed E-state index contributed by atoms with van der Waals surface area (Å²) in [5.74, 6) is 1.67. The molecule has 0 bridgehead atoms. The third-order valence-electron chi connectivity index (χ3n) is 5.99. The van der Waals surface area contributed by atoms with E-state index >= 15 is 0 Å². The van der Waals surface area contributed by atoms with Crippen LogP contribution in [0.4, 0.5) is 5.95 Å². The van der Waals surface area contributed by atoms with Gasteiger partial charge in [0.05, 0.1) is 41.6 Å². The van der Waals surface area contributed by atoms with Crippen molar-refractivity contribution in [3.63, 3.8) is 0 Å². The third kappa shape index (κ3) is 4.65. The van der Waals surface area contributed by atoms with Gasteiger partial charge < -0.3 is 9.64 Å². The van der Waals surface area contributed by atoms with E-state index in [1.54, 1.807) is 12.1 Å². The first-order valence-electron chi connectivity index (χ1n) is 11.5. The van der Waals surface area contributed by atoms with E-state index in [0.717, 1.165) is 31.1 Å². The van der Waals surface area contributed by atoms with Crippen LogP contribution in [-0.4, -0.2) is 50.6 Å². The molecule has 1 aliphatic heterocycles. The molecular formula is C25H25N7O2S. The molecule has 0 radical (unpaired) electrons. The molecule has 0 unspecified atom stereocenters. The first-order valence-corrected chi connectivity index (χ1v) is 12.5. The maximum atomic E-state index is 13.0. The van der Waals surface area contributed by atoms with Gasteiger partial charge in [0.1, 0.15) is 12.4 Å². The van der Waals surface area contributed by atoms with Crippen LogP contribution in [0.25, 0.3) is 16.6 Å². The Kier molecular flexibility index (Phi) is 6.79. The minimum atomic E-state index is -0.209. The molecule has 4 aromatic rings. The Labute approximate surface area is 207 Å². The fraction of sp³-hybridized carbons (Fsp3) is 0.320. The van der Waals surface area contributed by atoms with Gasteiger partial charge in [-0.1, -0.05) is 43.0 Å². The minimum Gasteiger partial charge on any atom is -0.378 e. The summed E-state index contributed by atoms with van der Waals surface area (Å²) < 4.78 is 9.03. The van der Waals surface area contributed by atoms with Crippen molar-refractivity contribution < 1.29 is 4.74 Å². The molecule has 0 N–H and O–H groups in total. The van der Waals surface area contributed by atoms with Crippen molar-refractivity contribution in [3.05, 3.63) is 70.3 Å². The summed E-state index contributed by atoms with van der Waals surface area (Å²) in [5.41, 5.74) is 2.62. The quantitative estimate of drug-likeness (QED) is 0.366. The number of nitrogens with zero attached hydrogens (tertiary/aromatic N) is 7. The molecule has 2 aromatic heterocycles. The number of para-hydroxylation sites is 1. The van der Waals surface area contributed by atoms with E-state index in [2.05, 4.69) is 50.9 Å². The van der Waals surface area contributed by atoms with Crippen molar-refractivity contribution in [1.29, 1.82) is 5.26 Å². The van der Waals surface area contributed by atoms with E-state index in [0.29, 0.717) is 40.9 Å². The first kappa shape index (κ1) is 23.1. The molecule has 10 heteroatoms. The smallest absolute Gasteiger partial charge is 0.262 e. The van der Waals surface area contributed by atoms with E-state index in [9.17, 15) is 10.1 Å². The Morgan fingerprint density at radius 2 is 1.94 bits per heavy atom. The second kappa shape index (κ2) is 10.3. The topological polar surface area (TPSA) is 102 Å². The SMILES string of the molecule is CCc1cccc(-n2c(SCc3nc4ccccc4c(=O)n3CC#N)nnc2N2CCOCC2)c1. The van der Waals surface area contributed by atoms with Crippen molar-refractivity contribution in [2.24, 2.45) is 0 Å². The second-order valence-electron chi connectivity index (χ2n) is 8.12. The molecule has 1 fully saturated rings. The minimum absolute atomic E-state index is 0.0587. The van der Waals surface area contributed by atoms with Crippen LogP contribution < -0.4 is 10.5 Å². The van der Waals surface area contributed by atoms with Crippen LogP contribution >= 0.6 is 11.8 Å². The molecule has 0 aliphatic carbocycles. The van der Waals surface area contributed by atoms with Gasteiger partial charge in [-0.25, -0.2) is 4.98 Å². The summed E-state index contributed by atoms with van der Waals surface area (Å²) in [6.07, 6.45) is 0.923. The number of hydrogen-bond acceptors (Lipinski definition) is 8. The number of morpholine rings is 1. The highest BCUT2D eigenvalue weighted by Crippen LogP contribution is 2.29. The van der Waals surface area contributed by atoms with Crippen LogP contribution in [0.15, 0.2) is 58.5 Å². The van der Waals surface area contributed by atoms with Crippen LogP contribution in [0, 0.1) is 11.3 Å². The van der Waals surface area contributed by atoms with E-state index < -0.39 is 0 Å². The van der Waals surface area contributed by atoms with E-state index in [1.165, 1.54) is 21.9 Å². The van der Waals surface area contributed by atoms with Gasteiger partial charge in [-0.15, -0.1) is 10.2 Å². The fourth-order valence-electron chi connectivity index (χ4n) is 4.15. The van der Waals surface area contributed by atoms with E-state index in [4.69, 9.17) is 9.72 Å². The number of thioether (sulfide) groups is 1. The number of benzene rings is 2. The third-order valence-corrected chi connectivity index (χ3v) is 6.91. The molecule has 5 rings (SSSR count). The van der Waals surface area contributed by atoms with Gasteiger partial charge >= 0.3 is 0 Å². The normalized spacial score (nSPS) is 13.8. The van der Waals surface area contributed by atoms with Gasteiger partial charge in [0, 0.05) is 13.1 Å². The number of rotatable bonds is 7. The fourth-order valence-corrected chi connectivity index (χ4v) is 5.05. The maximum Gasteiger partial charge on any atom is 0.262 e. The second-order valence-corrected chi connectivity index (χ2v) is 9.07. The first-order chi connectivity index (χ1) is 17.2. The molecule has 1 aliphatic rings. The number of aryl methyl sites for hydroxylation is 1. The monoisotopic (exact) mass is 487 g/mol. The van der Waals surface area contributed by atoms with Crippen LogP contribution in [0.2, 0.25) is 0 Å². The largest absolute Gasteiger partial charge is 0.378 e. The van der Waals surface area contributed by atoms with Crippen molar-refractivity contribution >= 4 is 28.6 Å². The summed E-state index contributed by atoms with van der Waals surface area (Å²) in [7, 11) is 0. The molecule has 35 heavy (non-hydrogen) atoms. The number of hydrogen-bond donors (Lipinski definition) is 0. The molecule has 0 spiro atoms. The van der Waals surface area contributed by atoms with Gasteiger partial charge in [0.15, 0.2) is 5.16 Å². The highest BCUT2D eigenvalue weighted by atomic mass is 32.2. The van der Waals surface area contributed by atoms with Crippen LogP contribution in [-0.2, 0) is 23.5 Å². The highest BCUT2D eigenvalue weighted by molar-refractivity contribution is 7.98. The summed E-state index contributed by atoms with van der Waals surface area (Å²) in [5, 5.41) is 19.6. The lowest BCUT2D eigenvalue weighted by Gasteiger charge is -2.28. The lowest BCUT2D eigenvalue weighted by atomic mass is 10.1. The molecule has 178 valence electrons. The predicted octanol–water partition coefficient (Wildman–Crippen LogP) is 3.19. The number of anilines is 1. The number of nitriles is 1. The van der Waals surface area contributed by atoms with Crippen LogP contribution in [0.3, 0.4) is 0 Å². The van der Waals surface area contributed by atoms with E-state index in [-0.39, 0.29) is 12.1 Å². The lowest BCUT2D eigenvalue weighted by Crippen LogP contribution is -2.37. The Balaban J connectivity index is 1.54. The summed E-state index contributed by atoms with van der Waals surface area (Å²) in [6.45, 7) is 4.84. The number of aromatic nitrogens is 5. The average molecular weight is 488 g/mol. The molecule has 0 amide bonds. The zero-order valence-electron chi connectivity index (χ0n) is 19.4. The van der Waals surface area contributed by atoms with Crippen molar-refractivity contribution in [1.82, 2.24) is 24.3 Å². The van der Waals surface area contributed by atoms with Gasteiger partial charge in [-0.2, -0.15) is 5.26 Å². The Morgan fingerprint density at radius 1 is 1.11 bits per heavy atom. The van der Waals surface area contributed by atoms with Gasteiger partial charge in [0.2, 0.25) is 5.95 Å². The Hall–Kier alpha value is -3.68. The Bertz CT molecular complexity index is 1450. The molecule has 2 aromatic carbocycles. The summed E-state index contributed by atoms with van der Waals surface area (Å²) in [6, 6.07) is 17.6. The number of ether oxygens (including phenoxy) is 1. The zero-order valence-corrected chi connectivity index (χ0v) is 20.2. The van der Waals surface area contributed by atoms with Crippen LogP contribution in [0.5, 0.6) is 0 Å². The van der Waals surface area contributed by atoms with Gasteiger partial charge in [-0.05, 0) is 36.2 Å². The predicted molar refractivity (Wildman–Crippen MR) is 135 cm³/mol. The summed E-state index contributed by atoms with van der Waals surface area (Å²) >= 11 is 1.45. The number of fused-ring (bicyclic) bond motifs is 1. The van der Waals surface area contributed by atoms with Crippen molar-refractivity contribution in [3.8, 4) is 11.8 Å². The van der Waals surface area contributed by atoms with E-state index in [1.807, 2.05) is 18.2 Å². The molecule has 0 atom stereocenters. The van der Waals surface area contributed by atoms with Gasteiger partial charge in [-0.3, -0.25) is 13.9 Å². The molecular weight excluding hydrogens is 462 g/mol. The standard InChI is InChI=1S/C25H25N7O2S/c1-2-18-6-5-7-19(16-18)32-24(30-12-14-34-15-13-30)28-29-25(32)35-17-22-27-21-9-4-3-8-20(21)23(33)31(22)11-10-26/h3-9,16H,2,11-15,17H2,1H3. The van der Waals surface area contributed by atoms with Gasteiger partial charge in [0.25, 0.3) is 5.56 Å². The zero-order chi connectivity index (χ0) is 24.2. The molecule has 0 saturated carbocycles. The average Bonchev–Trinajstić information content (AvgIpc) is 3.34. The van der Waals surface area contributed by atoms with Crippen molar-refractivity contribution in [2.45, 2.75) is 30.8 Å². The molecule has 1 saturated heterocycles. The van der Waals surface area contributed by atoms with Crippen molar-refractivity contribution in [2.75, 3.05) is 31.2 Å². The summed E-state index contributed by atoms with van der Waals surface area (Å²) in [4.78, 5) is 19.9. The maximum absolute atomic E-state index is 13.0. The molecule has 3 heterocycles. The van der Waals surface area contributed by atoms with Crippen LogP contribution in [0.1, 0.15) is 18.3 Å². The molecule has 9 nitrogen and oxygen atoms in total. The lowest BCUT2D eigenvalue weighted by molar-refractivity contribution is 0.122.